The molecule has 5 heteroatoms. The third-order valence-electron chi connectivity index (χ3n) is 5.69. The molecule has 0 amide bonds. The molecule has 0 saturated carbocycles. The molecule has 3 heterocycles. The number of aromatic nitrogens is 1. The Morgan fingerprint density at radius 3 is 2.88 bits per heavy atom. The Hall–Kier alpha value is -1.85. The van der Waals surface area contributed by atoms with E-state index in [9.17, 15) is 4.79 Å². The Balaban J connectivity index is 1.64. The van der Waals surface area contributed by atoms with Gasteiger partial charge in [-0.05, 0) is 64.0 Å². The van der Waals surface area contributed by atoms with Gasteiger partial charge >= 0.3 is 0 Å². The number of likely N-dealkylation sites (N-methyl/N-ethyl adjacent to an activating group) is 1. The van der Waals surface area contributed by atoms with Gasteiger partial charge in [0.05, 0.1) is 6.61 Å². The van der Waals surface area contributed by atoms with Crippen molar-refractivity contribution in [3.8, 4) is 5.75 Å². The quantitative estimate of drug-likeness (QED) is 0.929. The topological polar surface area (TPSA) is 48.6 Å². The SMILES string of the molecule is CCOc1ccc2[nH]c(=O)c(CN3[C@@H]4CC[C@H]3CN(C)CC4)cc2c1. The molecule has 2 fully saturated rings. The van der Waals surface area contributed by atoms with E-state index in [1.165, 1.54) is 19.3 Å². The molecule has 4 rings (SSSR count). The van der Waals surface area contributed by atoms with Gasteiger partial charge in [-0.1, -0.05) is 0 Å². The van der Waals surface area contributed by atoms with E-state index in [0.717, 1.165) is 41.9 Å². The lowest BCUT2D eigenvalue weighted by Gasteiger charge is -2.28. The molecule has 0 spiro atoms. The van der Waals surface area contributed by atoms with Crippen LogP contribution >= 0.6 is 0 Å². The summed E-state index contributed by atoms with van der Waals surface area (Å²) in [6.45, 7) is 5.63. The molecular formula is C20H27N3O2. The third-order valence-corrected chi connectivity index (χ3v) is 5.69. The molecule has 1 aromatic heterocycles. The Kier molecular flexibility index (Phi) is 4.52. The van der Waals surface area contributed by atoms with Crippen LogP contribution < -0.4 is 10.3 Å². The van der Waals surface area contributed by atoms with E-state index in [1.54, 1.807) is 0 Å². The Bertz CT molecular complexity index is 816. The standard InChI is InChI=1S/C20H27N3O2/c1-3-25-18-6-7-19-14(11-18)10-15(20(24)21-19)12-23-16-4-5-17(23)13-22(2)9-8-16/h6-7,10-11,16-17H,3-5,8-9,12-13H2,1-2H3,(H,21,24)/t16-,17+/m1/s1. The summed E-state index contributed by atoms with van der Waals surface area (Å²) in [5.41, 5.74) is 1.77. The molecule has 0 radical (unpaired) electrons. The van der Waals surface area contributed by atoms with Crippen molar-refractivity contribution in [2.24, 2.45) is 0 Å². The largest absolute Gasteiger partial charge is 0.494 e. The minimum absolute atomic E-state index is 0.0358. The van der Waals surface area contributed by atoms with E-state index in [2.05, 4.69) is 21.8 Å². The number of hydrogen-bond acceptors (Lipinski definition) is 4. The summed E-state index contributed by atoms with van der Waals surface area (Å²) in [5, 5.41) is 1.04. The van der Waals surface area contributed by atoms with Crippen molar-refractivity contribution in [3.05, 3.63) is 40.2 Å². The number of nitrogens with zero attached hydrogens (tertiary/aromatic N) is 2. The first-order valence-electron chi connectivity index (χ1n) is 9.37. The van der Waals surface area contributed by atoms with Gasteiger partial charge in [0.1, 0.15) is 5.75 Å². The minimum atomic E-state index is 0.0358. The molecule has 2 saturated heterocycles. The molecule has 134 valence electrons. The first-order chi connectivity index (χ1) is 12.1. The fraction of sp³-hybridized carbons (Fsp3) is 0.550. The van der Waals surface area contributed by atoms with Crippen molar-refractivity contribution < 1.29 is 4.74 Å². The fourth-order valence-corrected chi connectivity index (χ4v) is 4.40. The monoisotopic (exact) mass is 341 g/mol. The number of rotatable bonds is 4. The van der Waals surface area contributed by atoms with Crippen molar-refractivity contribution in [1.82, 2.24) is 14.8 Å². The van der Waals surface area contributed by atoms with E-state index in [-0.39, 0.29) is 5.56 Å². The Morgan fingerprint density at radius 1 is 1.20 bits per heavy atom. The van der Waals surface area contributed by atoms with Crippen LogP contribution in [-0.2, 0) is 6.54 Å². The van der Waals surface area contributed by atoms with Crippen LogP contribution in [0.4, 0.5) is 0 Å². The summed E-state index contributed by atoms with van der Waals surface area (Å²) in [7, 11) is 2.21. The van der Waals surface area contributed by atoms with Crippen LogP contribution in [0.5, 0.6) is 5.75 Å². The second kappa shape index (κ2) is 6.81. The van der Waals surface area contributed by atoms with Gasteiger partial charge in [0.15, 0.2) is 0 Å². The van der Waals surface area contributed by atoms with Crippen LogP contribution in [0.1, 0.15) is 31.7 Å². The highest BCUT2D eigenvalue weighted by atomic mass is 16.5. The van der Waals surface area contributed by atoms with Crippen LogP contribution in [0.15, 0.2) is 29.1 Å². The number of hydrogen-bond donors (Lipinski definition) is 1. The molecule has 2 aromatic rings. The first-order valence-corrected chi connectivity index (χ1v) is 9.37. The lowest BCUT2D eigenvalue weighted by atomic mass is 10.1. The number of aromatic amines is 1. The zero-order chi connectivity index (χ0) is 17.4. The minimum Gasteiger partial charge on any atom is -0.494 e. The van der Waals surface area contributed by atoms with Crippen molar-refractivity contribution in [2.75, 3.05) is 26.7 Å². The van der Waals surface area contributed by atoms with Crippen molar-refractivity contribution >= 4 is 10.9 Å². The lowest BCUT2D eigenvalue weighted by Crippen LogP contribution is -2.39. The van der Waals surface area contributed by atoms with Gasteiger partial charge in [-0.15, -0.1) is 0 Å². The van der Waals surface area contributed by atoms with Gasteiger partial charge in [-0.3, -0.25) is 9.69 Å². The van der Waals surface area contributed by atoms with Crippen molar-refractivity contribution in [3.63, 3.8) is 0 Å². The first kappa shape index (κ1) is 16.6. The molecule has 2 bridgehead atoms. The maximum Gasteiger partial charge on any atom is 0.252 e. The van der Waals surface area contributed by atoms with Crippen LogP contribution in [0.2, 0.25) is 0 Å². The van der Waals surface area contributed by atoms with Crippen molar-refractivity contribution in [2.45, 2.75) is 44.8 Å². The highest BCUT2D eigenvalue weighted by Gasteiger charge is 2.36. The molecule has 0 aliphatic carbocycles. The fourth-order valence-electron chi connectivity index (χ4n) is 4.40. The maximum absolute atomic E-state index is 12.6. The Morgan fingerprint density at radius 2 is 2.04 bits per heavy atom. The smallest absolute Gasteiger partial charge is 0.252 e. The molecule has 25 heavy (non-hydrogen) atoms. The summed E-state index contributed by atoms with van der Waals surface area (Å²) >= 11 is 0. The predicted molar refractivity (Wildman–Crippen MR) is 100 cm³/mol. The zero-order valence-corrected chi connectivity index (χ0v) is 15.1. The van der Waals surface area contributed by atoms with Gasteiger partial charge in [-0.25, -0.2) is 0 Å². The number of likely N-dealkylation sites (tertiary alicyclic amines) is 1. The number of nitrogens with one attached hydrogen (secondary N) is 1. The molecule has 2 aliphatic rings. The van der Waals surface area contributed by atoms with Crippen LogP contribution in [-0.4, -0.2) is 53.6 Å². The molecule has 0 unspecified atom stereocenters. The summed E-state index contributed by atoms with van der Waals surface area (Å²) in [6.07, 6.45) is 3.71. The number of H-pyrrole nitrogens is 1. The highest BCUT2D eigenvalue weighted by molar-refractivity contribution is 5.80. The normalized spacial score (nSPS) is 24.6. The molecule has 1 N–H and O–H groups in total. The maximum atomic E-state index is 12.6. The molecular weight excluding hydrogens is 314 g/mol. The average molecular weight is 341 g/mol. The van der Waals surface area contributed by atoms with Gasteiger partial charge in [0.2, 0.25) is 0 Å². The van der Waals surface area contributed by atoms with E-state index in [1.807, 2.05) is 31.2 Å². The third kappa shape index (κ3) is 3.31. The highest BCUT2D eigenvalue weighted by Crippen LogP contribution is 2.31. The molecule has 2 aliphatic heterocycles. The van der Waals surface area contributed by atoms with Crippen LogP contribution in [0, 0.1) is 0 Å². The average Bonchev–Trinajstić information content (AvgIpc) is 2.87. The second-order valence-corrected chi connectivity index (χ2v) is 7.41. The summed E-state index contributed by atoms with van der Waals surface area (Å²) in [4.78, 5) is 20.6. The number of ether oxygens (including phenoxy) is 1. The summed E-state index contributed by atoms with van der Waals surface area (Å²) in [6, 6.07) is 9.08. The summed E-state index contributed by atoms with van der Waals surface area (Å²) < 4.78 is 5.60. The van der Waals surface area contributed by atoms with Crippen molar-refractivity contribution in [1.29, 1.82) is 0 Å². The van der Waals surface area contributed by atoms with Gasteiger partial charge in [0.25, 0.3) is 5.56 Å². The van der Waals surface area contributed by atoms with E-state index in [4.69, 9.17) is 4.74 Å². The number of pyridine rings is 1. The van der Waals surface area contributed by atoms with Gasteiger partial charge < -0.3 is 14.6 Å². The number of benzene rings is 1. The molecule has 1 aromatic carbocycles. The summed E-state index contributed by atoms with van der Waals surface area (Å²) in [5.74, 6) is 0.851. The lowest BCUT2D eigenvalue weighted by molar-refractivity contribution is 0.183. The van der Waals surface area contributed by atoms with E-state index in [0.29, 0.717) is 18.7 Å². The molecule has 2 atom stereocenters. The zero-order valence-electron chi connectivity index (χ0n) is 15.1. The number of fused-ring (bicyclic) bond motifs is 3. The van der Waals surface area contributed by atoms with E-state index < -0.39 is 0 Å². The Labute approximate surface area is 148 Å². The van der Waals surface area contributed by atoms with Crippen LogP contribution in [0.25, 0.3) is 10.9 Å². The second-order valence-electron chi connectivity index (χ2n) is 7.41. The van der Waals surface area contributed by atoms with Gasteiger partial charge in [0, 0.05) is 41.6 Å². The van der Waals surface area contributed by atoms with E-state index >= 15 is 0 Å². The van der Waals surface area contributed by atoms with Gasteiger partial charge in [-0.2, -0.15) is 0 Å². The predicted octanol–water partition coefficient (Wildman–Crippen LogP) is 2.60. The molecule has 5 nitrogen and oxygen atoms in total. The van der Waals surface area contributed by atoms with Crippen LogP contribution in [0.3, 0.4) is 0 Å².